The molecule has 0 radical (unpaired) electrons. The van der Waals surface area contributed by atoms with Gasteiger partial charge in [0.15, 0.2) is 6.04 Å². The molecule has 0 aliphatic carbocycles. The van der Waals surface area contributed by atoms with Crippen LogP contribution in [0.5, 0.6) is 0 Å². The van der Waals surface area contributed by atoms with Crippen LogP contribution in [0, 0.1) is 6.92 Å². The van der Waals surface area contributed by atoms with Gasteiger partial charge in [0.25, 0.3) is 5.91 Å². The molecule has 1 amide bonds. The van der Waals surface area contributed by atoms with Crippen LogP contribution in [-0.4, -0.2) is 57.4 Å². The minimum absolute atomic E-state index is 0.125. The van der Waals surface area contributed by atoms with Gasteiger partial charge >= 0.3 is 0 Å². The smallest absolute Gasteiger partial charge is 0.284 e. The molecule has 6 nitrogen and oxygen atoms in total. The summed E-state index contributed by atoms with van der Waals surface area (Å²) in [6.45, 7) is 6.75. The van der Waals surface area contributed by atoms with Gasteiger partial charge in [-0.3, -0.25) is 4.79 Å². The number of nitrogens with one attached hydrogen (secondary N) is 1. The van der Waals surface area contributed by atoms with E-state index >= 15 is 0 Å². The Labute approximate surface area is 172 Å². The number of para-hydroxylation sites is 1. The third-order valence-corrected chi connectivity index (χ3v) is 8.07. The van der Waals surface area contributed by atoms with E-state index in [4.69, 9.17) is 0 Å². The van der Waals surface area contributed by atoms with Crippen LogP contribution in [-0.2, 0) is 21.2 Å². The highest BCUT2D eigenvalue weighted by molar-refractivity contribution is 7.89. The average Bonchev–Trinajstić information content (AvgIpc) is 3.17. The summed E-state index contributed by atoms with van der Waals surface area (Å²) >= 11 is 0. The van der Waals surface area contributed by atoms with E-state index in [1.54, 1.807) is 16.4 Å². The van der Waals surface area contributed by atoms with Crippen LogP contribution in [0.3, 0.4) is 0 Å². The van der Waals surface area contributed by atoms with Crippen molar-refractivity contribution >= 4 is 21.6 Å². The Hall–Kier alpha value is -2.22. The number of quaternary nitrogens is 1. The van der Waals surface area contributed by atoms with Crippen LogP contribution in [0.15, 0.2) is 53.4 Å². The Morgan fingerprint density at radius 2 is 1.66 bits per heavy atom. The number of aryl methyl sites for hydroxylation is 1. The SMILES string of the molecule is Cc1ccc(S(=O)(=O)N2CC[NH+]([C@@H](C)C(=O)N3CCc4ccccc43)CC2)cc1. The number of anilines is 1. The van der Waals surface area contributed by atoms with Crippen LogP contribution in [0.4, 0.5) is 5.69 Å². The van der Waals surface area contributed by atoms with Crippen LogP contribution in [0.2, 0.25) is 0 Å². The van der Waals surface area contributed by atoms with Gasteiger partial charge in [-0.2, -0.15) is 4.31 Å². The monoisotopic (exact) mass is 414 g/mol. The molecular formula is C22H28N3O3S+. The number of nitrogens with zero attached hydrogens (tertiary/aromatic N) is 2. The van der Waals surface area contributed by atoms with Crippen molar-refractivity contribution in [3.63, 3.8) is 0 Å². The summed E-state index contributed by atoms with van der Waals surface area (Å²) < 4.78 is 27.3. The van der Waals surface area contributed by atoms with Gasteiger partial charge in [-0.25, -0.2) is 8.42 Å². The van der Waals surface area contributed by atoms with Gasteiger partial charge in [0, 0.05) is 12.2 Å². The first-order valence-electron chi connectivity index (χ1n) is 10.2. The highest BCUT2D eigenvalue weighted by atomic mass is 32.2. The Morgan fingerprint density at radius 1 is 1.00 bits per heavy atom. The van der Waals surface area contributed by atoms with Crippen LogP contribution in [0.25, 0.3) is 0 Å². The molecule has 2 aromatic carbocycles. The molecule has 154 valence electrons. The van der Waals surface area contributed by atoms with E-state index in [9.17, 15) is 13.2 Å². The zero-order valence-electron chi connectivity index (χ0n) is 17.0. The van der Waals surface area contributed by atoms with E-state index in [1.165, 1.54) is 5.56 Å². The van der Waals surface area contributed by atoms with Gasteiger partial charge < -0.3 is 9.80 Å². The summed E-state index contributed by atoms with van der Waals surface area (Å²) in [5.74, 6) is 0.125. The molecule has 1 N–H and O–H groups in total. The second-order valence-corrected chi connectivity index (χ2v) is 9.90. The Balaban J connectivity index is 1.40. The van der Waals surface area contributed by atoms with E-state index in [-0.39, 0.29) is 11.9 Å². The first-order chi connectivity index (χ1) is 13.9. The number of hydrogen-bond acceptors (Lipinski definition) is 3. The zero-order valence-corrected chi connectivity index (χ0v) is 17.8. The Bertz CT molecular complexity index is 996. The summed E-state index contributed by atoms with van der Waals surface area (Å²) in [4.78, 5) is 16.5. The standard InChI is InChI=1S/C22H27N3O3S/c1-17-7-9-20(10-8-17)29(27,28)24-15-13-23(14-16-24)18(2)22(26)25-12-11-19-5-3-4-6-21(19)25/h3-10,18H,11-16H2,1-2H3/p+1/t18-/m0/s1. The molecule has 0 unspecified atom stereocenters. The third kappa shape index (κ3) is 3.82. The number of carbonyl (C=O) groups is 1. The molecule has 0 aromatic heterocycles. The highest BCUT2D eigenvalue weighted by Crippen LogP contribution is 2.27. The number of piperazine rings is 1. The van der Waals surface area contributed by atoms with Crippen molar-refractivity contribution in [3.8, 4) is 0 Å². The molecule has 2 aliphatic rings. The zero-order chi connectivity index (χ0) is 20.6. The van der Waals surface area contributed by atoms with Crippen molar-refractivity contribution in [1.29, 1.82) is 0 Å². The van der Waals surface area contributed by atoms with Gasteiger partial charge in [-0.05, 0) is 44.0 Å². The predicted molar refractivity (Wildman–Crippen MR) is 113 cm³/mol. The topological polar surface area (TPSA) is 62.1 Å². The average molecular weight is 415 g/mol. The molecule has 1 saturated heterocycles. The lowest BCUT2D eigenvalue weighted by atomic mass is 10.1. The van der Waals surface area contributed by atoms with Gasteiger partial charge in [0.1, 0.15) is 0 Å². The van der Waals surface area contributed by atoms with E-state index in [0.29, 0.717) is 31.1 Å². The Kier molecular flexibility index (Phi) is 5.46. The number of hydrogen-bond donors (Lipinski definition) is 1. The first kappa shape index (κ1) is 20.1. The number of amides is 1. The molecule has 2 aromatic rings. The van der Waals surface area contributed by atoms with Crippen molar-refractivity contribution in [1.82, 2.24) is 4.31 Å². The van der Waals surface area contributed by atoms with Crippen molar-refractivity contribution < 1.29 is 18.1 Å². The fraction of sp³-hybridized carbons (Fsp3) is 0.409. The second-order valence-electron chi connectivity index (χ2n) is 7.97. The Morgan fingerprint density at radius 3 is 2.34 bits per heavy atom. The number of fused-ring (bicyclic) bond motifs is 1. The minimum Gasteiger partial charge on any atom is -0.323 e. The minimum atomic E-state index is -3.48. The molecule has 1 fully saturated rings. The highest BCUT2D eigenvalue weighted by Gasteiger charge is 2.37. The van der Waals surface area contributed by atoms with Gasteiger partial charge in [0.05, 0.1) is 31.1 Å². The quantitative estimate of drug-likeness (QED) is 0.807. The molecule has 0 spiro atoms. The molecule has 2 heterocycles. The molecule has 29 heavy (non-hydrogen) atoms. The summed E-state index contributed by atoms with van der Waals surface area (Å²) in [6, 6.07) is 14.9. The maximum Gasteiger partial charge on any atom is 0.284 e. The predicted octanol–water partition coefficient (Wildman–Crippen LogP) is 0.862. The normalized spacial score (nSPS) is 19.2. The number of carbonyl (C=O) groups excluding carboxylic acids is 1. The van der Waals surface area contributed by atoms with Gasteiger partial charge in [-0.15, -0.1) is 0 Å². The van der Waals surface area contributed by atoms with Crippen LogP contribution >= 0.6 is 0 Å². The fourth-order valence-electron chi connectivity index (χ4n) is 4.28. The van der Waals surface area contributed by atoms with Crippen LogP contribution in [0.1, 0.15) is 18.1 Å². The third-order valence-electron chi connectivity index (χ3n) is 6.16. The first-order valence-corrected chi connectivity index (χ1v) is 11.6. The molecule has 1 atom stereocenters. The number of benzene rings is 2. The maximum absolute atomic E-state index is 13.1. The number of sulfonamides is 1. The summed E-state index contributed by atoms with van der Waals surface area (Å²) in [5.41, 5.74) is 3.27. The fourth-order valence-corrected chi connectivity index (χ4v) is 5.72. The molecular weight excluding hydrogens is 386 g/mol. The van der Waals surface area contributed by atoms with Crippen molar-refractivity contribution in [3.05, 3.63) is 59.7 Å². The molecule has 2 aliphatic heterocycles. The van der Waals surface area contributed by atoms with Crippen LogP contribution < -0.4 is 9.80 Å². The number of rotatable bonds is 4. The van der Waals surface area contributed by atoms with E-state index < -0.39 is 10.0 Å². The summed E-state index contributed by atoms with van der Waals surface area (Å²) in [5, 5.41) is 0. The lowest BCUT2D eigenvalue weighted by molar-refractivity contribution is -0.917. The molecule has 0 bridgehead atoms. The maximum atomic E-state index is 13.1. The van der Waals surface area contributed by atoms with E-state index in [1.807, 2.05) is 49.1 Å². The van der Waals surface area contributed by atoms with E-state index in [0.717, 1.165) is 29.1 Å². The van der Waals surface area contributed by atoms with Crippen molar-refractivity contribution in [2.24, 2.45) is 0 Å². The second kappa shape index (κ2) is 7.89. The lowest BCUT2D eigenvalue weighted by Gasteiger charge is -2.35. The molecule has 7 heteroatoms. The van der Waals surface area contributed by atoms with Crippen molar-refractivity contribution in [2.75, 3.05) is 37.6 Å². The lowest BCUT2D eigenvalue weighted by Crippen LogP contribution is -3.19. The summed E-state index contributed by atoms with van der Waals surface area (Å²) in [7, 11) is -3.48. The van der Waals surface area contributed by atoms with E-state index in [2.05, 4.69) is 6.07 Å². The largest absolute Gasteiger partial charge is 0.323 e. The van der Waals surface area contributed by atoms with Gasteiger partial charge in [0.2, 0.25) is 10.0 Å². The van der Waals surface area contributed by atoms with Gasteiger partial charge in [-0.1, -0.05) is 35.9 Å². The summed E-state index contributed by atoms with van der Waals surface area (Å²) in [6.07, 6.45) is 0.895. The molecule has 0 saturated carbocycles. The molecule has 4 rings (SSSR count). The van der Waals surface area contributed by atoms with Crippen molar-refractivity contribution in [2.45, 2.75) is 31.2 Å².